The molecule has 3 aliphatic rings. The first-order valence-corrected chi connectivity index (χ1v) is 10.3. The molecule has 0 aromatic heterocycles. The van der Waals surface area contributed by atoms with Gasteiger partial charge in [0.15, 0.2) is 0 Å². The van der Waals surface area contributed by atoms with E-state index < -0.39 is 0 Å². The average Bonchev–Trinajstić information content (AvgIpc) is 2.74. The van der Waals surface area contributed by atoms with Crippen LogP contribution in [0, 0.1) is 5.41 Å². The van der Waals surface area contributed by atoms with Gasteiger partial charge in [-0.1, -0.05) is 32.9 Å². The summed E-state index contributed by atoms with van der Waals surface area (Å²) in [5.74, 6) is 0.253. The number of rotatable bonds is 1. The first-order valence-electron chi connectivity index (χ1n) is 10.3. The van der Waals surface area contributed by atoms with Gasteiger partial charge >= 0.3 is 0 Å². The molecule has 0 bridgehead atoms. The summed E-state index contributed by atoms with van der Waals surface area (Å²) in [6.45, 7) is 17.3. The number of carbonyl (C=O) groups excluding carboxylic acids is 1. The molecule has 0 unspecified atom stereocenters. The van der Waals surface area contributed by atoms with Crippen molar-refractivity contribution < 1.29 is 4.79 Å². The van der Waals surface area contributed by atoms with Gasteiger partial charge in [-0.2, -0.15) is 0 Å². The summed E-state index contributed by atoms with van der Waals surface area (Å²) < 4.78 is 0. The molecule has 4 heteroatoms. The Labute approximate surface area is 164 Å². The highest BCUT2D eigenvalue weighted by atomic mass is 16.2. The van der Waals surface area contributed by atoms with Gasteiger partial charge < -0.3 is 9.80 Å². The molecule has 4 nitrogen and oxygen atoms in total. The number of nitrogens with zero attached hydrogens (tertiary/aromatic N) is 3. The topological polar surface area (TPSA) is 35.9 Å². The number of aliphatic imine (C=N–C) groups is 1. The largest absolute Gasteiger partial charge is 0.364 e. The van der Waals surface area contributed by atoms with E-state index in [9.17, 15) is 4.79 Å². The van der Waals surface area contributed by atoms with Gasteiger partial charge in [0, 0.05) is 47.6 Å². The predicted octanol–water partition coefficient (Wildman–Crippen LogP) is 4.35. The lowest BCUT2D eigenvalue weighted by Gasteiger charge is -2.48. The minimum absolute atomic E-state index is 0.199. The van der Waals surface area contributed by atoms with Crippen molar-refractivity contribution >= 4 is 11.6 Å². The highest BCUT2D eigenvalue weighted by Crippen LogP contribution is 2.35. The summed E-state index contributed by atoms with van der Waals surface area (Å²) in [4.78, 5) is 22.4. The van der Waals surface area contributed by atoms with E-state index in [-0.39, 0.29) is 23.4 Å². The van der Waals surface area contributed by atoms with Crippen LogP contribution in [0.3, 0.4) is 0 Å². The van der Waals surface area contributed by atoms with Gasteiger partial charge in [0.1, 0.15) is 0 Å². The van der Waals surface area contributed by atoms with Gasteiger partial charge in [-0.25, -0.2) is 0 Å². The standard InChI is InChI=1S/C23H35N3O/c1-15-9-8-10-19-20(15)21(16(2)11-12-24-19)25-13-18(4)26(14-17(25)3)22(27)23(5,6)7/h9,11,17-18H,8,10,12-14H2,1-7H3/t17-,18+/m0/s1. The van der Waals surface area contributed by atoms with Crippen molar-refractivity contribution in [1.29, 1.82) is 0 Å². The molecule has 2 aliphatic heterocycles. The van der Waals surface area contributed by atoms with Gasteiger partial charge in [0.25, 0.3) is 0 Å². The highest BCUT2D eigenvalue weighted by molar-refractivity contribution is 6.06. The molecule has 2 heterocycles. The normalized spacial score (nSPS) is 26.9. The molecule has 0 spiro atoms. The molecule has 27 heavy (non-hydrogen) atoms. The molecule has 1 aliphatic carbocycles. The first kappa shape index (κ1) is 19.9. The fourth-order valence-electron chi connectivity index (χ4n) is 4.47. The molecule has 1 amide bonds. The van der Waals surface area contributed by atoms with Crippen LogP contribution in [0.25, 0.3) is 0 Å². The summed E-state index contributed by atoms with van der Waals surface area (Å²) in [5, 5.41) is 0. The number of fused-ring (bicyclic) bond motifs is 1. The van der Waals surface area contributed by atoms with Gasteiger partial charge in [0.05, 0.1) is 6.54 Å². The lowest BCUT2D eigenvalue weighted by Crippen LogP contribution is -2.59. The van der Waals surface area contributed by atoms with Gasteiger partial charge in [0.2, 0.25) is 5.91 Å². The van der Waals surface area contributed by atoms with Crippen LogP contribution >= 0.6 is 0 Å². The zero-order chi connectivity index (χ0) is 19.9. The molecule has 1 saturated heterocycles. The summed E-state index contributed by atoms with van der Waals surface area (Å²) in [6, 6.07) is 0.484. The van der Waals surface area contributed by atoms with E-state index in [0.29, 0.717) is 0 Å². The molecule has 1 fully saturated rings. The molecule has 0 aromatic carbocycles. The van der Waals surface area contributed by atoms with Gasteiger partial charge in [-0.3, -0.25) is 9.79 Å². The summed E-state index contributed by atoms with van der Waals surface area (Å²) >= 11 is 0. The third kappa shape index (κ3) is 3.76. The minimum atomic E-state index is -0.335. The van der Waals surface area contributed by atoms with Crippen LogP contribution in [0.15, 0.2) is 39.6 Å². The van der Waals surface area contributed by atoms with Crippen molar-refractivity contribution in [2.45, 2.75) is 73.4 Å². The van der Waals surface area contributed by atoms with Gasteiger partial charge in [-0.05, 0) is 51.7 Å². The minimum Gasteiger partial charge on any atom is -0.364 e. The van der Waals surface area contributed by atoms with Crippen LogP contribution in [0.2, 0.25) is 0 Å². The number of allylic oxidation sites excluding steroid dienone is 4. The SMILES string of the molecule is CC1=CCCC2=NCC=C(C)C(N3C[C@@H](C)N(C(=O)C(C)(C)C)C[C@@H]3C)=C12. The molecule has 148 valence electrons. The summed E-state index contributed by atoms with van der Waals surface area (Å²) in [7, 11) is 0. The van der Waals surface area contributed by atoms with E-state index in [2.05, 4.69) is 49.6 Å². The average molecular weight is 370 g/mol. The van der Waals surface area contributed by atoms with E-state index in [1.807, 2.05) is 20.8 Å². The third-order valence-corrected chi connectivity index (χ3v) is 5.98. The van der Waals surface area contributed by atoms with Crippen LogP contribution < -0.4 is 0 Å². The van der Waals surface area contributed by atoms with Crippen molar-refractivity contribution in [2.75, 3.05) is 19.6 Å². The fraction of sp³-hybridized carbons (Fsp3) is 0.652. The van der Waals surface area contributed by atoms with Crippen LogP contribution in [-0.4, -0.2) is 53.1 Å². The Hall–Kier alpha value is -1.84. The van der Waals surface area contributed by atoms with E-state index in [0.717, 1.165) is 32.5 Å². The van der Waals surface area contributed by atoms with Crippen molar-refractivity contribution in [2.24, 2.45) is 10.4 Å². The Kier molecular flexibility index (Phi) is 5.38. The van der Waals surface area contributed by atoms with E-state index >= 15 is 0 Å². The maximum atomic E-state index is 12.9. The van der Waals surface area contributed by atoms with Crippen molar-refractivity contribution in [1.82, 2.24) is 9.80 Å². The Balaban J connectivity index is 1.98. The quantitative estimate of drug-likeness (QED) is 0.689. The monoisotopic (exact) mass is 369 g/mol. The first-order chi connectivity index (χ1) is 12.6. The number of piperazine rings is 1. The van der Waals surface area contributed by atoms with E-state index in [1.54, 1.807) is 0 Å². The van der Waals surface area contributed by atoms with Crippen LogP contribution in [0.4, 0.5) is 0 Å². The van der Waals surface area contributed by atoms with Crippen molar-refractivity contribution in [3.8, 4) is 0 Å². The molecular weight excluding hydrogens is 334 g/mol. The third-order valence-electron chi connectivity index (χ3n) is 5.98. The number of carbonyl (C=O) groups is 1. The molecule has 0 saturated carbocycles. The number of hydrogen-bond acceptors (Lipinski definition) is 3. The summed E-state index contributed by atoms with van der Waals surface area (Å²) in [5.41, 5.74) is 6.25. The zero-order valence-corrected chi connectivity index (χ0v) is 18.1. The molecule has 3 rings (SSSR count). The molecular formula is C23H35N3O. The second-order valence-electron chi connectivity index (χ2n) is 9.38. The zero-order valence-electron chi connectivity index (χ0n) is 18.1. The maximum absolute atomic E-state index is 12.9. The predicted molar refractivity (Wildman–Crippen MR) is 113 cm³/mol. The van der Waals surface area contributed by atoms with E-state index in [1.165, 1.54) is 28.1 Å². The van der Waals surface area contributed by atoms with E-state index in [4.69, 9.17) is 4.99 Å². The fourth-order valence-corrected chi connectivity index (χ4v) is 4.47. The Morgan fingerprint density at radius 3 is 2.44 bits per heavy atom. The summed E-state index contributed by atoms with van der Waals surface area (Å²) in [6.07, 6.45) is 6.72. The van der Waals surface area contributed by atoms with Crippen LogP contribution in [-0.2, 0) is 4.79 Å². The van der Waals surface area contributed by atoms with Crippen molar-refractivity contribution in [3.05, 3.63) is 34.6 Å². The second kappa shape index (κ2) is 7.29. The number of amides is 1. The lowest BCUT2D eigenvalue weighted by molar-refractivity contribution is -0.145. The molecule has 2 atom stereocenters. The van der Waals surface area contributed by atoms with Crippen LogP contribution in [0.1, 0.15) is 61.3 Å². The molecule has 0 N–H and O–H groups in total. The number of hydrogen-bond donors (Lipinski definition) is 0. The van der Waals surface area contributed by atoms with Gasteiger partial charge in [-0.15, -0.1) is 0 Å². The Morgan fingerprint density at radius 1 is 1.07 bits per heavy atom. The molecule has 0 aromatic rings. The van der Waals surface area contributed by atoms with Crippen molar-refractivity contribution in [3.63, 3.8) is 0 Å². The highest BCUT2D eigenvalue weighted by Gasteiger charge is 2.38. The smallest absolute Gasteiger partial charge is 0.228 e. The maximum Gasteiger partial charge on any atom is 0.228 e. The lowest BCUT2D eigenvalue weighted by atomic mass is 9.87. The van der Waals surface area contributed by atoms with Crippen LogP contribution in [0.5, 0.6) is 0 Å². The Morgan fingerprint density at radius 2 is 1.78 bits per heavy atom. The molecule has 0 radical (unpaired) electrons. The Bertz CT molecular complexity index is 748. The second-order valence-corrected chi connectivity index (χ2v) is 9.38.